The molecule has 1 atom stereocenters. The molecule has 1 heterocycles. The van der Waals surface area contributed by atoms with Crippen molar-refractivity contribution in [3.05, 3.63) is 59.2 Å². The molecule has 0 spiro atoms. The van der Waals surface area contributed by atoms with Gasteiger partial charge in [0.1, 0.15) is 11.5 Å². The number of Topliss-reactive ketones (excluding diaryl/α,β-unsaturated/α-hetero) is 1. The minimum atomic E-state index is -0.874. The molecule has 0 saturated carbocycles. The minimum absolute atomic E-state index is 0.0233. The molecule has 1 aliphatic heterocycles. The third kappa shape index (κ3) is 4.80. The summed E-state index contributed by atoms with van der Waals surface area (Å²) in [7, 11) is 4.50. The van der Waals surface area contributed by atoms with E-state index >= 15 is 0 Å². The van der Waals surface area contributed by atoms with E-state index in [1.165, 1.54) is 26.2 Å². The van der Waals surface area contributed by atoms with Gasteiger partial charge in [-0.15, -0.1) is 0 Å². The molecule has 0 aromatic heterocycles. The summed E-state index contributed by atoms with van der Waals surface area (Å²) >= 11 is 0. The summed E-state index contributed by atoms with van der Waals surface area (Å²) in [5, 5.41) is 11.2. The molecule has 0 bridgehead atoms. The summed E-state index contributed by atoms with van der Waals surface area (Å²) in [4.78, 5) is 27.4. The van der Waals surface area contributed by atoms with Crippen LogP contribution >= 0.6 is 0 Å². The van der Waals surface area contributed by atoms with Gasteiger partial charge in [0.15, 0.2) is 11.5 Å². The van der Waals surface area contributed by atoms with E-state index < -0.39 is 17.7 Å². The Balaban J connectivity index is 2.15. The second kappa shape index (κ2) is 10.9. The van der Waals surface area contributed by atoms with Crippen molar-refractivity contribution in [2.24, 2.45) is 0 Å². The van der Waals surface area contributed by atoms with Crippen LogP contribution in [0.3, 0.4) is 0 Å². The molecule has 33 heavy (non-hydrogen) atoms. The Morgan fingerprint density at radius 3 is 2.33 bits per heavy atom. The second-order valence-electron chi connectivity index (χ2n) is 7.44. The van der Waals surface area contributed by atoms with Gasteiger partial charge in [0.25, 0.3) is 11.7 Å². The van der Waals surface area contributed by atoms with E-state index in [-0.39, 0.29) is 24.5 Å². The van der Waals surface area contributed by atoms with Crippen molar-refractivity contribution in [1.29, 1.82) is 0 Å². The molecule has 1 fully saturated rings. The van der Waals surface area contributed by atoms with E-state index in [0.717, 1.165) is 6.42 Å². The van der Waals surface area contributed by atoms with Crippen molar-refractivity contribution in [2.45, 2.75) is 19.4 Å². The maximum Gasteiger partial charge on any atom is 0.295 e. The zero-order valence-corrected chi connectivity index (χ0v) is 19.3. The number of ether oxygens (including phenoxy) is 4. The quantitative estimate of drug-likeness (QED) is 0.333. The van der Waals surface area contributed by atoms with Gasteiger partial charge >= 0.3 is 0 Å². The average Bonchev–Trinajstić information content (AvgIpc) is 3.10. The fourth-order valence-corrected chi connectivity index (χ4v) is 3.84. The minimum Gasteiger partial charge on any atom is -0.507 e. The van der Waals surface area contributed by atoms with E-state index in [1.54, 1.807) is 42.5 Å². The number of hydrogen-bond acceptors (Lipinski definition) is 7. The average molecular weight is 456 g/mol. The third-order valence-electron chi connectivity index (χ3n) is 5.40. The Morgan fingerprint density at radius 2 is 1.73 bits per heavy atom. The lowest BCUT2D eigenvalue weighted by molar-refractivity contribution is -0.140. The van der Waals surface area contributed by atoms with Crippen molar-refractivity contribution in [2.75, 3.05) is 41.1 Å². The summed E-state index contributed by atoms with van der Waals surface area (Å²) in [6.45, 7) is 2.97. The molecule has 176 valence electrons. The lowest BCUT2D eigenvalue weighted by Gasteiger charge is -2.27. The summed E-state index contributed by atoms with van der Waals surface area (Å²) < 4.78 is 21.7. The van der Waals surface area contributed by atoms with E-state index in [1.807, 2.05) is 6.92 Å². The molecule has 8 heteroatoms. The number of para-hydroxylation sites is 1. The number of hydrogen-bond donors (Lipinski definition) is 1. The van der Waals surface area contributed by atoms with Gasteiger partial charge < -0.3 is 29.0 Å². The number of benzene rings is 2. The van der Waals surface area contributed by atoms with Crippen molar-refractivity contribution in [3.8, 4) is 17.2 Å². The Morgan fingerprint density at radius 1 is 1.00 bits per heavy atom. The molecule has 1 unspecified atom stereocenters. The highest BCUT2D eigenvalue weighted by Crippen LogP contribution is 2.45. The van der Waals surface area contributed by atoms with Crippen LogP contribution in [0.25, 0.3) is 5.76 Å². The highest BCUT2D eigenvalue weighted by Gasteiger charge is 2.47. The molecule has 1 N–H and O–H groups in total. The second-order valence-corrected chi connectivity index (χ2v) is 7.44. The number of methoxy groups -OCH3 is 3. The van der Waals surface area contributed by atoms with Gasteiger partial charge in [0, 0.05) is 24.8 Å². The number of carbonyl (C=O) groups excluding carboxylic acids is 2. The Hall–Kier alpha value is -3.52. The molecular formula is C25H29NO7. The van der Waals surface area contributed by atoms with E-state index in [2.05, 4.69) is 0 Å². The van der Waals surface area contributed by atoms with Crippen LogP contribution in [-0.4, -0.2) is 62.8 Å². The maximum atomic E-state index is 13.1. The van der Waals surface area contributed by atoms with Crippen LogP contribution in [0.4, 0.5) is 0 Å². The van der Waals surface area contributed by atoms with Crippen LogP contribution in [0.2, 0.25) is 0 Å². The number of ketones is 1. The van der Waals surface area contributed by atoms with Gasteiger partial charge in [0.05, 0.1) is 39.0 Å². The molecule has 1 aliphatic rings. The molecule has 2 aromatic rings. The number of nitrogens with zero attached hydrogens (tertiary/aromatic N) is 1. The number of amides is 1. The van der Waals surface area contributed by atoms with Gasteiger partial charge in [-0.05, 0) is 36.8 Å². The van der Waals surface area contributed by atoms with Crippen molar-refractivity contribution < 1.29 is 33.6 Å². The molecule has 2 aromatic carbocycles. The van der Waals surface area contributed by atoms with Crippen LogP contribution in [0.5, 0.6) is 17.2 Å². The fourth-order valence-electron chi connectivity index (χ4n) is 3.84. The van der Waals surface area contributed by atoms with Crippen molar-refractivity contribution in [1.82, 2.24) is 4.90 Å². The first-order chi connectivity index (χ1) is 16.0. The predicted molar refractivity (Wildman–Crippen MR) is 123 cm³/mol. The van der Waals surface area contributed by atoms with Gasteiger partial charge in [-0.2, -0.15) is 0 Å². The van der Waals surface area contributed by atoms with E-state index in [4.69, 9.17) is 18.9 Å². The normalized spacial score (nSPS) is 17.3. The van der Waals surface area contributed by atoms with Crippen LogP contribution < -0.4 is 14.2 Å². The molecule has 1 saturated heterocycles. The molecule has 3 rings (SSSR count). The smallest absolute Gasteiger partial charge is 0.295 e. The Bertz CT molecular complexity index is 1030. The zero-order chi connectivity index (χ0) is 24.0. The molecule has 0 aliphatic carbocycles. The number of rotatable bonds is 10. The summed E-state index contributed by atoms with van der Waals surface area (Å²) in [6, 6.07) is 11.1. The standard InChI is InChI=1S/C25H29NO7/c1-5-14-33-17-11-9-16(10-12-17)22(27)20-21(26(13-15-30-2)25(29)23(20)28)18-7-6-8-19(31-3)24(18)32-4/h6-12,21,27H,5,13-15H2,1-4H3/b22-20+. The van der Waals surface area contributed by atoms with Crippen molar-refractivity contribution >= 4 is 17.4 Å². The summed E-state index contributed by atoms with van der Waals surface area (Å²) in [6.07, 6.45) is 0.870. The van der Waals surface area contributed by atoms with Crippen LogP contribution in [-0.2, 0) is 14.3 Å². The van der Waals surface area contributed by atoms with Gasteiger partial charge in [-0.3, -0.25) is 9.59 Å². The molecule has 0 radical (unpaired) electrons. The lowest BCUT2D eigenvalue weighted by Crippen LogP contribution is -2.32. The SMILES string of the molecule is CCCOc1ccc(/C(O)=C2\C(=O)C(=O)N(CCOC)C2c2cccc(OC)c2OC)cc1. The van der Waals surface area contributed by atoms with Crippen LogP contribution in [0.15, 0.2) is 48.0 Å². The first kappa shape index (κ1) is 24.1. The number of carbonyl (C=O) groups is 2. The Labute approximate surface area is 193 Å². The highest BCUT2D eigenvalue weighted by molar-refractivity contribution is 6.46. The molecule has 1 amide bonds. The van der Waals surface area contributed by atoms with E-state index in [9.17, 15) is 14.7 Å². The first-order valence-electron chi connectivity index (χ1n) is 10.7. The number of aliphatic hydroxyl groups excluding tert-OH is 1. The molecular weight excluding hydrogens is 426 g/mol. The Kier molecular flexibility index (Phi) is 7.95. The zero-order valence-electron chi connectivity index (χ0n) is 19.3. The largest absolute Gasteiger partial charge is 0.507 e. The van der Waals surface area contributed by atoms with E-state index in [0.29, 0.717) is 35.0 Å². The topological polar surface area (TPSA) is 94.5 Å². The highest BCUT2D eigenvalue weighted by atomic mass is 16.5. The predicted octanol–water partition coefficient (Wildman–Crippen LogP) is 3.56. The fraction of sp³-hybridized carbons (Fsp3) is 0.360. The number of aliphatic hydroxyl groups is 1. The van der Waals surface area contributed by atoms with Gasteiger partial charge in [0.2, 0.25) is 0 Å². The monoisotopic (exact) mass is 455 g/mol. The van der Waals surface area contributed by atoms with Gasteiger partial charge in [-0.1, -0.05) is 19.1 Å². The summed E-state index contributed by atoms with van der Waals surface area (Å²) in [5.41, 5.74) is 0.900. The summed E-state index contributed by atoms with van der Waals surface area (Å²) in [5.74, 6) is -0.283. The first-order valence-corrected chi connectivity index (χ1v) is 10.7. The van der Waals surface area contributed by atoms with Crippen LogP contribution in [0, 0.1) is 0 Å². The lowest BCUT2D eigenvalue weighted by atomic mass is 9.94. The molecule has 8 nitrogen and oxygen atoms in total. The number of likely N-dealkylation sites (tertiary alicyclic amines) is 1. The van der Waals surface area contributed by atoms with Crippen molar-refractivity contribution in [3.63, 3.8) is 0 Å². The maximum absolute atomic E-state index is 13.1. The van der Waals surface area contributed by atoms with Crippen LogP contribution in [0.1, 0.15) is 30.5 Å². The third-order valence-corrected chi connectivity index (χ3v) is 5.40. The van der Waals surface area contributed by atoms with Gasteiger partial charge in [-0.25, -0.2) is 0 Å².